The predicted octanol–water partition coefficient (Wildman–Crippen LogP) is 4.78. The molecule has 0 aliphatic carbocycles. The third-order valence-corrected chi connectivity index (χ3v) is 4.83. The molecule has 1 unspecified atom stereocenters. The molecule has 2 nitrogen and oxygen atoms in total. The standard InChI is InChI=1S/C20H32N2/c1-7-8-18(20(4,5)6)16-11-14(2)17(15(3)12-16)13-19-21-9-10-22-19/h11-12,18H,7-10,13H2,1-6H3,(H,21,22). The van der Waals surface area contributed by atoms with Crippen molar-refractivity contribution in [2.24, 2.45) is 10.4 Å². The van der Waals surface area contributed by atoms with Gasteiger partial charge in [0, 0.05) is 13.0 Å². The summed E-state index contributed by atoms with van der Waals surface area (Å²) >= 11 is 0. The fraction of sp³-hybridized carbons (Fsp3) is 0.650. The van der Waals surface area contributed by atoms with Gasteiger partial charge in [0.25, 0.3) is 0 Å². The van der Waals surface area contributed by atoms with Gasteiger partial charge >= 0.3 is 0 Å². The average Bonchev–Trinajstić information content (AvgIpc) is 2.91. The normalized spacial score (nSPS) is 16.4. The third-order valence-electron chi connectivity index (χ3n) is 4.83. The molecule has 0 amide bonds. The van der Waals surface area contributed by atoms with Crippen molar-refractivity contribution in [2.75, 3.05) is 13.1 Å². The topological polar surface area (TPSA) is 24.4 Å². The Morgan fingerprint density at radius 1 is 1.18 bits per heavy atom. The van der Waals surface area contributed by atoms with Gasteiger partial charge in [-0.15, -0.1) is 0 Å². The van der Waals surface area contributed by atoms with Crippen LogP contribution in [0.2, 0.25) is 0 Å². The lowest BCUT2D eigenvalue weighted by atomic mass is 9.73. The number of nitrogens with zero attached hydrogens (tertiary/aromatic N) is 1. The molecule has 1 aliphatic rings. The summed E-state index contributed by atoms with van der Waals surface area (Å²) in [6, 6.07) is 4.84. The summed E-state index contributed by atoms with van der Waals surface area (Å²) < 4.78 is 0. The second-order valence-electron chi connectivity index (χ2n) is 7.77. The summed E-state index contributed by atoms with van der Waals surface area (Å²) in [6.07, 6.45) is 3.45. The van der Waals surface area contributed by atoms with Crippen LogP contribution in [0.25, 0.3) is 0 Å². The minimum Gasteiger partial charge on any atom is -0.372 e. The molecule has 22 heavy (non-hydrogen) atoms. The van der Waals surface area contributed by atoms with Crippen molar-refractivity contribution in [2.45, 2.75) is 66.7 Å². The van der Waals surface area contributed by atoms with E-state index in [1.165, 1.54) is 35.1 Å². The lowest BCUT2D eigenvalue weighted by Gasteiger charge is -2.32. The first kappa shape index (κ1) is 17.1. The summed E-state index contributed by atoms with van der Waals surface area (Å²) in [5.74, 6) is 1.78. The highest BCUT2D eigenvalue weighted by atomic mass is 15.1. The Balaban J connectivity index is 2.31. The molecule has 1 heterocycles. The Morgan fingerprint density at radius 2 is 1.82 bits per heavy atom. The molecule has 0 aromatic heterocycles. The Hall–Kier alpha value is -1.31. The molecule has 122 valence electrons. The van der Waals surface area contributed by atoms with Gasteiger partial charge in [-0.2, -0.15) is 0 Å². The van der Waals surface area contributed by atoms with Crippen LogP contribution in [-0.4, -0.2) is 18.9 Å². The smallest absolute Gasteiger partial charge is 0.101 e. The van der Waals surface area contributed by atoms with E-state index in [1.807, 2.05) is 0 Å². The van der Waals surface area contributed by atoms with E-state index in [4.69, 9.17) is 0 Å². The summed E-state index contributed by atoms with van der Waals surface area (Å²) in [5.41, 5.74) is 6.09. The molecule has 0 fully saturated rings. The number of amidine groups is 1. The fourth-order valence-electron chi connectivity index (χ4n) is 3.63. The van der Waals surface area contributed by atoms with E-state index >= 15 is 0 Å². The molecule has 1 atom stereocenters. The predicted molar refractivity (Wildman–Crippen MR) is 97.0 cm³/mol. The van der Waals surface area contributed by atoms with E-state index in [0.29, 0.717) is 11.3 Å². The van der Waals surface area contributed by atoms with Crippen molar-refractivity contribution in [1.82, 2.24) is 5.32 Å². The Labute approximate surface area is 136 Å². The number of benzene rings is 1. The lowest BCUT2D eigenvalue weighted by Crippen LogP contribution is -2.22. The number of aryl methyl sites for hydroxylation is 2. The van der Waals surface area contributed by atoms with E-state index in [1.54, 1.807) is 0 Å². The van der Waals surface area contributed by atoms with Crippen LogP contribution in [0, 0.1) is 19.3 Å². The number of aliphatic imine (C=N–C) groups is 1. The van der Waals surface area contributed by atoms with Gasteiger partial charge in [0.05, 0.1) is 6.54 Å². The number of nitrogens with one attached hydrogen (secondary N) is 1. The zero-order valence-electron chi connectivity index (χ0n) is 15.2. The Morgan fingerprint density at radius 3 is 2.27 bits per heavy atom. The SMILES string of the molecule is CCCC(c1cc(C)c(CC2=NCCN2)c(C)c1)C(C)(C)C. The van der Waals surface area contributed by atoms with Crippen LogP contribution in [0.5, 0.6) is 0 Å². The van der Waals surface area contributed by atoms with Crippen molar-refractivity contribution in [1.29, 1.82) is 0 Å². The second kappa shape index (κ2) is 6.85. The molecule has 1 N–H and O–H groups in total. The Bertz CT molecular complexity index is 526. The number of hydrogen-bond donors (Lipinski definition) is 1. The summed E-state index contributed by atoms with van der Waals surface area (Å²) in [6.45, 7) is 15.8. The average molecular weight is 300 g/mol. The Kier molecular flexibility index (Phi) is 5.31. The van der Waals surface area contributed by atoms with Crippen LogP contribution in [0.15, 0.2) is 17.1 Å². The quantitative estimate of drug-likeness (QED) is 0.831. The van der Waals surface area contributed by atoms with Gasteiger partial charge in [-0.3, -0.25) is 4.99 Å². The summed E-state index contributed by atoms with van der Waals surface area (Å²) in [4.78, 5) is 4.54. The maximum atomic E-state index is 4.54. The third kappa shape index (κ3) is 3.91. The molecule has 0 spiro atoms. The molecule has 0 saturated heterocycles. The fourth-order valence-corrected chi connectivity index (χ4v) is 3.63. The van der Waals surface area contributed by atoms with Crippen LogP contribution < -0.4 is 5.32 Å². The minimum absolute atomic E-state index is 0.313. The number of hydrogen-bond acceptors (Lipinski definition) is 2. The van der Waals surface area contributed by atoms with Crippen molar-refractivity contribution in [3.05, 3.63) is 34.4 Å². The molecular weight excluding hydrogens is 268 g/mol. The first-order valence-electron chi connectivity index (χ1n) is 8.70. The van der Waals surface area contributed by atoms with E-state index in [9.17, 15) is 0 Å². The second-order valence-corrected chi connectivity index (χ2v) is 7.77. The zero-order chi connectivity index (χ0) is 16.3. The van der Waals surface area contributed by atoms with Gasteiger partial charge < -0.3 is 5.32 Å². The van der Waals surface area contributed by atoms with Gasteiger partial charge in [0.2, 0.25) is 0 Å². The van der Waals surface area contributed by atoms with E-state index < -0.39 is 0 Å². The van der Waals surface area contributed by atoms with Crippen LogP contribution in [-0.2, 0) is 6.42 Å². The van der Waals surface area contributed by atoms with E-state index in [-0.39, 0.29) is 0 Å². The maximum absolute atomic E-state index is 4.54. The maximum Gasteiger partial charge on any atom is 0.101 e. The molecule has 1 aromatic rings. The summed E-state index contributed by atoms with van der Waals surface area (Å²) in [5, 5.41) is 3.39. The largest absolute Gasteiger partial charge is 0.372 e. The molecule has 1 aromatic carbocycles. The molecule has 1 aliphatic heterocycles. The van der Waals surface area contributed by atoms with Gasteiger partial charge in [0.15, 0.2) is 0 Å². The van der Waals surface area contributed by atoms with Crippen molar-refractivity contribution in [3.63, 3.8) is 0 Å². The zero-order valence-corrected chi connectivity index (χ0v) is 15.2. The van der Waals surface area contributed by atoms with Gasteiger partial charge in [-0.1, -0.05) is 46.2 Å². The van der Waals surface area contributed by atoms with Gasteiger partial charge in [0.1, 0.15) is 5.84 Å². The molecule has 2 heteroatoms. The minimum atomic E-state index is 0.313. The molecule has 0 saturated carbocycles. The lowest BCUT2D eigenvalue weighted by molar-refractivity contribution is 0.303. The number of rotatable bonds is 5. The van der Waals surface area contributed by atoms with E-state index in [0.717, 1.165) is 25.3 Å². The molecular formula is C20H32N2. The monoisotopic (exact) mass is 300 g/mol. The summed E-state index contributed by atoms with van der Waals surface area (Å²) in [7, 11) is 0. The molecule has 0 radical (unpaired) electrons. The van der Waals surface area contributed by atoms with Crippen molar-refractivity contribution in [3.8, 4) is 0 Å². The molecule has 0 bridgehead atoms. The first-order valence-corrected chi connectivity index (χ1v) is 8.70. The van der Waals surface area contributed by atoms with Crippen LogP contribution in [0.4, 0.5) is 0 Å². The van der Waals surface area contributed by atoms with Crippen LogP contribution in [0.3, 0.4) is 0 Å². The highest BCUT2D eigenvalue weighted by molar-refractivity contribution is 5.86. The van der Waals surface area contributed by atoms with Gasteiger partial charge in [-0.25, -0.2) is 0 Å². The van der Waals surface area contributed by atoms with Crippen molar-refractivity contribution >= 4 is 5.84 Å². The highest BCUT2D eigenvalue weighted by Crippen LogP contribution is 2.39. The molecule has 2 rings (SSSR count). The van der Waals surface area contributed by atoms with Crippen molar-refractivity contribution < 1.29 is 0 Å². The highest BCUT2D eigenvalue weighted by Gasteiger charge is 2.26. The van der Waals surface area contributed by atoms with Crippen LogP contribution in [0.1, 0.15) is 68.7 Å². The van der Waals surface area contributed by atoms with E-state index in [2.05, 4.69) is 64.0 Å². The first-order chi connectivity index (χ1) is 10.3. The van der Waals surface area contributed by atoms with Crippen LogP contribution >= 0.6 is 0 Å². The van der Waals surface area contributed by atoms with Gasteiger partial charge in [-0.05, 0) is 53.9 Å².